The Morgan fingerprint density at radius 1 is 0.960 bits per heavy atom. The second kappa shape index (κ2) is 7.59. The highest BCUT2D eigenvalue weighted by Crippen LogP contribution is 2.37. The quantitative estimate of drug-likeness (QED) is 0.707. The van der Waals surface area contributed by atoms with Crippen LogP contribution in [0, 0.1) is 0 Å². The highest BCUT2D eigenvalue weighted by atomic mass is 32.8. The molecule has 2 fully saturated rings. The number of benzene rings is 1. The Balaban J connectivity index is 1.72. The maximum absolute atomic E-state index is 13.9. The van der Waals surface area contributed by atoms with E-state index in [0.717, 1.165) is 35.9 Å². The van der Waals surface area contributed by atoms with Crippen LogP contribution in [0.25, 0.3) is 10.2 Å². The SMILES string of the molecule is O=S(=S)(c1nc2ccccc2s1)N(C1CCCCC1)C1CCCCC1. The summed E-state index contributed by atoms with van der Waals surface area (Å²) in [5, 5.41) is 0. The summed E-state index contributed by atoms with van der Waals surface area (Å²) >= 11 is 7.36. The number of para-hydroxylation sites is 1. The number of hydrogen-bond donors (Lipinski definition) is 0. The second-order valence-corrected chi connectivity index (χ2v) is 11.8. The van der Waals surface area contributed by atoms with Crippen LogP contribution in [0.3, 0.4) is 0 Å². The van der Waals surface area contributed by atoms with Gasteiger partial charge in [-0.05, 0) is 37.8 Å². The molecule has 0 spiro atoms. The lowest BCUT2D eigenvalue weighted by Gasteiger charge is -2.41. The van der Waals surface area contributed by atoms with Crippen molar-refractivity contribution in [2.75, 3.05) is 0 Å². The van der Waals surface area contributed by atoms with Crippen molar-refractivity contribution in [3.63, 3.8) is 0 Å². The van der Waals surface area contributed by atoms with Gasteiger partial charge in [0, 0.05) is 23.3 Å². The van der Waals surface area contributed by atoms with E-state index < -0.39 is 8.68 Å². The topological polar surface area (TPSA) is 33.2 Å². The molecule has 2 aliphatic carbocycles. The van der Waals surface area contributed by atoms with Crippen LogP contribution in [0.1, 0.15) is 64.2 Å². The smallest absolute Gasteiger partial charge is 0.198 e. The second-order valence-electron chi connectivity index (χ2n) is 7.37. The molecule has 3 nitrogen and oxygen atoms in total. The standard InChI is InChI=1S/C19H26N2OS3/c22-25(23,19-20-17-13-7-8-14-18(17)24-19)21(15-9-3-1-4-10-15)16-11-5-2-6-12-16/h7-8,13-16H,1-6,9-12H2. The molecular weight excluding hydrogens is 368 g/mol. The first-order chi connectivity index (χ1) is 12.2. The fourth-order valence-electron chi connectivity index (χ4n) is 4.41. The zero-order chi connectivity index (χ0) is 17.3. The summed E-state index contributed by atoms with van der Waals surface area (Å²) in [4.78, 5) is 4.69. The average molecular weight is 395 g/mol. The Kier molecular flexibility index (Phi) is 5.41. The molecule has 2 aromatic rings. The summed E-state index contributed by atoms with van der Waals surface area (Å²) in [6.45, 7) is 0. The molecule has 6 heteroatoms. The van der Waals surface area contributed by atoms with Gasteiger partial charge in [0.05, 0.1) is 10.2 Å². The molecule has 0 radical (unpaired) electrons. The van der Waals surface area contributed by atoms with Crippen molar-refractivity contribution < 1.29 is 4.21 Å². The minimum atomic E-state index is -2.69. The van der Waals surface area contributed by atoms with Gasteiger partial charge >= 0.3 is 0 Å². The largest absolute Gasteiger partial charge is 0.233 e. The van der Waals surface area contributed by atoms with Gasteiger partial charge in [-0.25, -0.2) is 13.5 Å². The molecule has 136 valence electrons. The molecule has 1 unspecified atom stereocenters. The molecule has 0 amide bonds. The van der Waals surface area contributed by atoms with Crippen LogP contribution in [0.5, 0.6) is 0 Å². The summed E-state index contributed by atoms with van der Waals surface area (Å²) < 4.78 is 17.9. The molecule has 0 saturated heterocycles. The summed E-state index contributed by atoms with van der Waals surface area (Å²) in [5.74, 6) is 0. The van der Waals surface area contributed by atoms with Gasteiger partial charge < -0.3 is 0 Å². The van der Waals surface area contributed by atoms with Gasteiger partial charge in [0.25, 0.3) is 0 Å². The third-order valence-electron chi connectivity index (χ3n) is 5.64. The Morgan fingerprint density at radius 3 is 2.08 bits per heavy atom. The number of thiazole rings is 1. The van der Waals surface area contributed by atoms with E-state index in [-0.39, 0.29) is 0 Å². The lowest BCUT2D eigenvalue weighted by molar-refractivity contribution is 0.177. The monoisotopic (exact) mass is 394 g/mol. The minimum absolute atomic E-state index is 0.369. The number of nitrogens with zero attached hydrogens (tertiary/aromatic N) is 2. The van der Waals surface area contributed by atoms with Crippen LogP contribution < -0.4 is 0 Å². The lowest BCUT2D eigenvalue weighted by Crippen LogP contribution is -2.48. The number of aromatic nitrogens is 1. The molecule has 1 heterocycles. The zero-order valence-corrected chi connectivity index (χ0v) is 17.0. The predicted octanol–water partition coefficient (Wildman–Crippen LogP) is 5.28. The lowest BCUT2D eigenvalue weighted by atomic mass is 9.91. The van der Waals surface area contributed by atoms with Crippen LogP contribution in [0.15, 0.2) is 28.6 Å². The van der Waals surface area contributed by atoms with E-state index >= 15 is 0 Å². The Hall–Kier alpha value is -0.560. The van der Waals surface area contributed by atoms with E-state index in [0.29, 0.717) is 16.4 Å². The maximum Gasteiger partial charge on any atom is 0.198 e. The van der Waals surface area contributed by atoms with Gasteiger partial charge in [0.1, 0.15) is 8.68 Å². The Labute approximate surface area is 159 Å². The van der Waals surface area contributed by atoms with Crippen molar-refractivity contribution in [1.82, 2.24) is 9.29 Å². The third-order valence-corrected chi connectivity index (χ3v) is 10.4. The number of rotatable bonds is 4. The molecule has 1 aromatic heterocycles. The summed E-state index contributed by atoms with van der Waals surface area (Å²) in [5.41, 5.74) is 0.923. The molecule has 2 saturated carbocycles. The van der Waals surface area contributed by atoms with Crippen molar-refractivity contribution in [3.05, 3.63) is 24.3 Å². The summed E-state index contributed by atoms with van der Waals surface area (Å²) in [6.07, 6.45) is 12.1. The van der Waals surface area contributed by atoms with Crippen LogP contribution >= 0.6 is 11.3 Å². The van der Waals surface area contributed by atoms with Gasteiger partial charge in [-0.15, -0.1) is 11.3 Å². The van der Waals surface area contributed by atoms with Crippen molar-refractivity contribution >= 4 is 41.4 Å². The van der Waals surface area contributed by atoms with Crippen LogP contribution in [-0.2, 0) is 19.9 Å². The molecular formula is C19H26N2OS3. The first-order valence-corrected chi connectivity index (χ1v) is 12.8. The number of fused-ring (bicyclic) bond motifs is 1. The van der Waals surface area contributed by atoms with Gasteiger partial charge in [0.2, 0.25) is 0 Å². The van der Waals surface area contributed by atoms with Gasteiger partial charge in [-0.2, -0.15) is 0 Å². The first-order valence-electron chi connectivity index (χ1n) is 9.55. The highest BCUT2D eigenvalue weighted by Gasteiger charge is 2.37. The van der Waals surface area contributed by atoms with E-state index in [1.807, 2.05) is 24.3 Å². The van der Waals surface area contributed by atoms with Gasteiger partial charge in [-0.1, -0.05) is 50.7 Å². The number of hydrogen-bond acceptors (Lipinski definition) is 4. The van der Waals surface area contributed by atoms with Crippen LogP contribution in [0.4, 0.5) is 0 Å². The molecule has 1 atom stereocenters. The normalized spacial score (nSPS) is 23.1. The van der Waals surface area contributed by atoms with Crippen molar-refractivity contribution in [2.45, 2.75) is 80.6 Å². The van der Waals surface area contributed by atoms with E-state index in [1.165, 1.54) is 49.9 Å². The molecule has 1 aromatic carbocycles. The third kappa shape index (κ3) is 3.64. The fraction of sp³-hybridized carbons (Fsp3) is 0.632. The Bertz CT molecular complexity index is 767. The van der Waals surface area contributed by atoms with Crippen LogP contribution in [0.2, 0.25) is 0 Å². The molecule has 25 heavy (non-hydrogen) atoms. The zero-order valence-electron chi connectivity index (χ0n) is 14.6. The molecule has 0 N–H and O–H groups in total. The van der Waals surface area contributed by atoms with Gasteiger partial charge in [0.15, 0.2) is 4.34 Å². The fourth-order valence-corrected chi connectivity index (χ4v) is 8.81. The predicted molar refractivity (Wildman–Crippen MR) is 109 cm³/mol. The summed E-state index contributed by atoms with van der Waals surface area (Å²) in [6, 6.07) is 8.77. The average Bonchev–Trinajstić information content (AvgIpc) is 3.09. The van der Waals surface area contributed by atoms with Crippen molar-refractivity contribution in [3.8, 4) is 0 Å². The molecule has 2 aliphatic rings. The maximum atomic E-state index is 13.9. The van der Waals surface area contributed by atoms with Crippen LogP contribution in [-0.4, -0.2) is 25.6 Å². The van der Waals surface area contributed by atoms with E-state index in [4.69, 9.17) is 16.2 Å². The Morgan fingerprint density at radius 2 is 1.52 bits per heavy atom. The van der Waals surface area contributed by atoms with E-state index in [2.05, 4.69) is 4.31 Å². The highest BCUT2D eigenvalue weighted by molar-refractivity contribution is 8.32. The molecule has 0 aliphatic heterocycles. The van der Waals surface area contributed by atoms with Crippen molar-refractivity contribution in [2.24, 2.45) is 0 Å². The van der Waals surface area contributed by atoms with E-state index in [9.17, 15) is 4.21 Å². The van der Waals surface area contributed by atoms with E-state index in [1.54, 1.807) is 0 Å². The molecule has 4 rings (SSSR count). The first kappa shape index (κ1) is 17.8. The summed E-state index contributed by atoms with van der Waals surface area (Å²) in [7, 11) is -2.69. The molecule has 0 bridgehead atoms. The minimum Gasteiger partial charge on any atom is -0.233 e. The van der Waals surface area contributed by atoms with Crippen molar-refractivity contribution in [1.29, 1.82) is 0 Å². The van der Waals surface area contributed by atoms with Gasteiger partial charge in [-0.3, -0.25) is 0 Å².